The number of piperidine rings is 1. The van der Waals surface area contributed by atoms with E-state index < -0.39 is 5.82 Å². The molecule has 1 saturated heterocycles. The van der Waals surface area contributed by atoms with E-state index in [9.17, 15) is 13.6 Å². The molecule has 1 N–H and O–H groups in total. The molecule has 6 nitrogen and oxygen atoms in total. The van der Waals surface area contributed by atoms with Crippen molar-refractivity contribution in [3.8, 4) is 0 Å². The summed E-state index contributed by atoms with van der Waals surface area (Å²) in [5.74, 6) is -0.210. The molecule has 2 aromatic carbocycles. The van der Waals surface area contributed by atoms with Gasteiger partial charge in [-0.05, 0) is 54.7 Å². The van der Waals surface area contributed by atoms with Crippen molar-refractivity contribution < 1.29 is 13.6 Å². The highest BCUT2D eigenvalue weighted by Gasteiger charge is 2.27. The number of halogens is 3. The third-order valence-electron chi connectivity index (χ3n) is 5.95. The Morgan fingerprint density at radius 2 is 1.76 bits per heavy atom. The van der Waals surface area contributed by atoms with Gasteiger partial charge in [-0.25, -0.2) is 13.8 Å². The first-order chi connectivity index (χ1) is 16.0. The topological polar surface area (TPSA) is 62.5 Å². The lowest BCUT2D eigenvalue weighted by molar-refractivity contribution is 0.0713. The normalized spacial score (nSPS) is 14.6. The molecule has 168 valence electrons. The Morgan fingerprint density at radius 3 is 2.48 bits per heavy atom. The van der Waals surface area contributed by atoms with Crippen LogP contribution in [0.4, 0.5) is 20.3 Å². The number of aromatic nitrogens is 3. The van der Waals surface area contributed by atoms with Crippen LogP contribution >= 0.6 is 11.6 Å². The van der Waals surface area contributed by atoms with Gasteiger partial charge in [-0.3, -0.25) is 4.79 Å². The largest absolute Gasteiger partial charge is 0.338 e. The second kappa shape index (κ2) is 8.78. The molecular formula is C24H20ClF2N5O. The molecule has 0 unspecified atom stereocenters. The summed E-state index contributed by atoms with van der Waals surface area (Å²) in [6, 6.07) is 12.3. The predicted octanol–water partition coefficient (Wildman–Crippen LogP) is 5.42. The molecule has 1 fully saturated rings. The zero-order valence-corrected chi connectivity index (χ0v) is 18.3. The lowest BCUT2D eigenvalue weighted by atomic mass is 9.89. The quantitative estimate of drug-likeness (QED) is 0.435. The van der Waals surface area contributed by atoms with Crippen molar-refractivity contribution in [1.29, 1.82) is 0 Å². The van der Waals surface area contributed by atoms with Crippen molar-refractivity contribution in [2.24, 2.45) is 0 Å². The highest BCUT2D eigenvalue weighted by atomic mass is 35.5. The van der Waals surface area contributed by atoms with Crippen LogP contribution in [0.25, 0.3) is 5.65 Å². The van der Waals surface area contributed by atoms with Crippen molar-refractivity contribution in [3.05, 3.63) is 88.7 Å². The van der Waals surface area contributed by atoms with E-state index in [-0.39, 0.29) is 22.7 Å². The molecule has 33 heavy (non-hydrogen) atoms. The van der Waals surface area contributed by atoms with E-state index >= 15 is 0 Å². The first-order valence-electron chi connectivity index (χ1n) is 10.6. The zero-order chi connectivity index (χ0) is 22.9. The van der Waals surface area contributed by atoms with Gasteiger partial charge in [-0.2, -0.15) is 9.61 Å². The average molecular weight is 468 g/mol. The smallest absolute Gasteiger partial charge is 0.259 e. The molecule has 0 saturated carbocycles. The van der Waals surface area contributed by atoms with E-state index in [4.69, 9.17) is 11.6 Å². The Balaban J connectivity index is 1.41. The van der Waals surface area contributed by atoms with Gasteiger partial charge in [0.15, 0.2) is 5.65 Å². The van der Waals surface area contributed by atoms with Crippen LogP contribution in [0.2, 0.25) is 5.02 Å². The second-order valence-corrected chi connectivity index (χ2v) is 8.40. The second-order valence-electron chi connectivity index (χ2n) is 7.99. The number of carbonyl (C=O) groups is 1. The maximum Gasteiger partial charge on any atom is 0.259 e. The molecule has 4 aromatic rings. The highest BCUT2D eigenvalue weighted by molar-refractivity contribution is 6.33. The minimum absolute atomic E-state index is 0.182. The maximum atomic E-state index is 13.5. The number of likely N-dealkylation sites (tertiary alicyclic amines) is 1. The monoisotopic (exact) mass is 467 g/mol. The van der Waals surface area contributed by atoms with Crippen molar-refractivity contribution in [2.75, 3.05) is 18.4 Å². The molecule has 0 spiro atoms. The molecule has 5 rings (SSSR count). The molecule has 1 amide bonds. The van der Waals surface area contributed by atoms with Gasteiger partial charge in [0, 0.05) is 25.4 Å². The summed E-state index contributed by atoms with van der Waals surface area (Å²) in [5, 5.41) is 7.60. The molecule has 9 heteroatoms. The van der Waals surface area contributed by atoms with E-state index in [1.54, 1.807) is 17.2 Å². The van der Waals surface area contributed by atoms with E-state index in [1.807, 2.05) is 12.1 Å². The summed E-state index contributed by atoms with van der Waals surface area (Å²) in [7, 11) is 0. The summed E-state index contributed by atoms with van der Waals surface area (Å²) in [6.45, 7) is 1.13. The number of fused-ring (bicyclic) bond motifs is 1. The van der Waals surface area contributed by atoms with Crippen molar-refractivity contribution >= 4 is 34.7 Å². The summed E-state index contributed by atoms with van der Waals surface area (Å²) < 4.78 is 28.3. The van der Waals surface area contributed by atoms with Crippen LogP contribution in [0.3, 0.4) is 0 Å². The molecule has 0 bridgehead atoms. The lowest BCUT2D eigenvalue weighted by Gasteiger charge is -2.32. The number of hydrogen-bond acceptors (Lipinski definition) is 4. The molecule has 0 atom stereocenters. The van der Waals surface area contributed by atoms with Crippen LogP contribution < -0.4 is 5.32 Å². The number of nitrogens with one attached hydrogen (secondary N) is 1. The fourth-order valence-electron chi connectivity index (χ4n) is 4.19. The number of nitrogens with zero attached hydrogens (tertiary/aromatic N) is 4. The predicted molar refractivity (Wildman–Crippen MR) is 122 cm³/mol. The molecule has 3 heterocycles. The van der Waals surface area contributed by atoms with Crippen LogP contribution in [-0.2, 0) is 0 Å². The van der Waals surface area contributed by atoms with Crippen LogP contribution in [0.5, 0.6) is 0 Å². The molecule has 0 aliphatic carbocycles. The van der Waals surface area contributed by atoms with E-state index in [0.717, 1.165) is 18.4 Å². The van der Waals surface area contributed by atoms with Gasteiger partial charge in [0.25, 0.3) is 5.91 Å². The van der Waals surface area contributed by atoms with Crippen molar-refractivity contribution in [3.63, 3.8) is 0 Å². The molecule has 1 aliphatic rings. The summed E-state index contributed by atoms with van der Waals surface area (Å²) in [4.78, 5) is 19.6. The van der Waals surface area contributed by atoms with Gasteiger partial charge >= 0.3 is 0 Å². The number of carbonyl (C=O) groups excluding carboxylic acids is 1. The standard InChI is InChI=1S/C24H20ClF2N5O/c25-20-13-18(27)5-6-21(20)30-23-19(14-28-22-7-10-29-32(22)23)24(33)31-11-8-16(9-12-31)15-1-3-17(26)4-2-15/h1-7,10,13-14,16,30H,8-9,11-12H2. The van der Waals surface area contributed by atoms with E-state index in [0.29, 0.717) is 35.8 Å². The van der Waals surface area contributed by atoms with Crippen LogP contribution in [0, 0.1) is 11.6 Å². The van der Waals surface area contributed by atoms with E-state index in [2.05, 4.69) is 15.4 Å². The number of benzene rings is 2. The Kier molecular flexibility index (Phi) is 5.68. The average Bonchev–Trinajstić information content (AvgIpc) is 3.30. The number of amides is 1. The van der Waals surface area contributed by atoms with Crippen LogP contribution in [-0.4, -0.2) is 38.5 Å². The fourth-order valence-corrected chi connectivity index (χ4v) is 4.40. The molecule has 1 aliphatic heterocycles. The summed E-state index contributed by atoms with van der Waals surface area (Å²) >= 11 is 6.20. The number of rotatable bonds is 4. The Bertz CT molecular complexity index is 1320. The van der Waals surface area contributed by atoms with Gasteiger partial charge in [0.05, 0.1) is 16.9 Å². The number of anilines is 2. The molecule has 2 aromatic heterocycles. The highest BCUT2D eigenvalue weighted by Crippen LogP contribution is 2.31. The van der Waals surface area contributed by atoms with Gasteiger partial charge < -0.3 is 10.2 Å². The van der Waals surface area contributed by atoms with Crippen LogP contribution in [0.15, 0.2) is 60.9 Å². The summed E-state index contributed by atoms with van der Waals surface area (Å²) in [6.07, 6.45) is 4.66. The number of hydrogen-bond donors (Lipinski definition) is 1. The van der Waals surface area contributed by atoms with Gasteiger partial charge in [-0.1, -0.05) is 23.7 Å². The first-order valence-corrected chi connectivity index (χ1v) is 11.0. The van der Waals surface area contributed by atoms with Gasteiger partial charge in [-0.15, -0.1) is 0 Å². The fraction of sp³-hybridized carbons (Fsp3) is 0.208. The van der Waals surface area contributed by atoms with Crippen molar-refractivity contribution in [1.82, 2.24) is 19.5 Å². The lowest BCUT2D eigenvalue weighted by Crippen LogP contribution is -2.38. The molecular weight excluding hydrogens is 448 g/mol. The van der Waals surface area contributed by atoms with Gasteiger partial charge in [0.1, 0.15) is 23.0 Å². The minimum atomic E-state index is -0.454. The first kappa shape index (κ1) is 21.3. The minimum Gasteiger partial charge on any atom is -0.338 e. The maximum absolute atomic E-state index is 13.5. The molecule has 0 radical (unpaired) electrons. The Morgan fingerprint density at radius 1 is 1.03 bits per heavy atom. The zero-order valence-electron chi connectivity index (χ0n) is 17.5. The van der Waals surface area contributed by atoms with Crippen molar-refractivity contribution in [2.45, 2.75) is 18.8 Å². The Hall–Kier alpha value is -3.52. The summed E-state index contributed by atoms with van der Waals surface area (Å²) in [5.41, 5.74) is 2.43. The third-order valence-corrected chi connectivity index (χ3v) is 6.27. The SMILES string of the molecule is O=C(c1cnc2ccnn2c1Nc1ccc(F)cc1Cl)N1CCC(c2ccc(F)cc2)CC1. The Labute approximate surface area is 193 Å². The third kappa shape index (κ3) is 4.26. The van der Waals surface area contributed by atoms with Gasteiger partial charge in [0.2, 0.25) is 0 Å². The van der Waals surface area contributed by atoms with E-state index in [1.165, 1.54) is 41.0 Å². The van der Waals surface area contributed by atoms with Crippen LogP contribution in [0.1, 0.15) is 34.7 Å².